The Morgan fingerprint density at radius 3 is 2.63 bits per heavy atom. The number of nitrogens with zero attached hydrogens (tertiary/aromatic N) is 4. The van der Waals surface area contributed by atoms with Crippen molar-refractivity contribution in [3.8, 4) is 6.07 Å². The van der Waals surface area contributed by atoms with E-state index in [-0.39, 0.29) is 23.4 Å². The van der Waals surface area contributed by atoms with Crippen LogP contribution >= 0.6 is 11.6 Å². The number of pyridine rings is 1. The van der Waals surface area contributed by atoms with Crippen LogP contribution in [0, 0.1) is 24.1 Å². The van der Waals surface area contributed by atoms with Gasteiger partial charge in [-0.15, -0.1) is 0 Å². The van der Waals surface area contributed by atoms with Gasteiger partial charge in [0.15, 0.2) is 11.5 Å². The average molecular weight is 502 g/mol. The van der Waals surface area contributed by atoms with Crippen LogP contribution in [0.4, 0.5) is 14.9 Å². The van der Waals surface area contributed by atoms with Crippen molar-refractivity contribution in [1.82, 2.24) is 14.8 Å². The molecule has 2 amide bonds. The summed E-state index contributed by atoms with van der Waals surface area (Å²) in [6.45, 7) is 11.8. The number of nitriles is 1. The van der Waals surface area contributed by atoms with E-state index in [1.807, 2.05) is 40.7 Å². The molecule has 0 spiro atoms. The van der Waals surface area contributed by atoms with Gasteiger partial charge in [0, 0.05) is 49.1 Å². The van der Waals surface area contributed by atoms with Crippen molar-refractivity contribution in [3.05, 3.63) is 57.6 Å². The van der Waals surface area contributed by atoms with Crippen LogP contribution in [-0.4, -0.2) is 58.1 Å². The molecule has 1 atom stereocenters. The number of anilines is 1. The third-order valence-corrected chi connectivity index (χ3v) is 5.89. The molecule has 0 unspecified atom stereocenters. The average Bonchev–Trinajstić information content (AvgIpc) is 2.75. The number of carbonyl (C=O) groups is 2. The van der Waals surface area contributed by atoms with E-state index in [0.29, 0.717) is 36.9 Å². The van der Waals surface area contributed by atoms with Gasteiger partial charge in [-0.3, -0.25) is 9.69 Å². The highest BCUT2D eigenvalue weighted by Crippen LogP contribution is 2.27. The molecule has 1 aliphatic rings. The molecule has 186 valence electrons. The van der Waals surface area contributed by atoms with Crippen LogP contribution in [0.25, 0.3) is 0 Å². The number of halogens is 2. The van der Waals surface area contributed by atoms with Crippen LogP contribution in [0.1, 0.15) is 54.9 Å². The van der Waals surface area contributed by atoms with Crippen molar-refractivity contribution in [2.24, 2.45) is 0 Å². The first-order valence-electron chi connectivity index (χ1n) is 11.3. The molecule has 2 heterocycles. The fourth-order valence-corrected chi connectivity index (χ4v) is 4.12. The lowest BCUT2D eigenvalue weighted by atomic mass is 10.0. The van der Waals surface area contributed by atoms with E-state index in [0.717, 1.165) is 23.4 Å². The van der Waals surface area contributed by atoms with Gasteiger partial charge in [-0.25, -0.2) is 14.2 Å². The van der Waals surface area contributed by atoms with Crippen LogP contribution in [-0.2, 0) is 11.3 Å². The molecule has 8 nitrogen and oxygen atoms in total. The monoisotopic (exact) mass is 501 g/mol. The lowest BCUT2D eigenvalue weighted by Gasteiger charge is -2.40. The summed E-state index contributed by atoms with van der Waals surface area (Å²) in [5.74, 6) is -1.42. The maximum absolute atomic E-state index is 13.9. The first-order chi connectivity index (χ1) is 16.4. The van der Waals surface area contributed by atoms with E-state index in [9.17, 15) is 14.0 Å². The fourth-order valence-electron chi connectivity index (χ4n) is 3.88. The van der Waals surface area contributed by atoms with Gasteiger partial charge in [0.05, 0.1) is 5.56 Å². The summed E-state index contributed by atoms with van der Waals surface area (Å²) in [6, 6.07) is 6.06. The maximum atomic E-state index is 13.9. The number of hydrogen-bond donors (Lipinski definition) is 1. The van der Waals surface area contributed by atoms with Gasteiger partial charge in [0.1, 0.15) is 11.7 Å². The zero-order valence-corrected chi connectivity index (χ0v) is 21.2. The Morgan fingerprint density at radius 1 is 1.31 bits per heavy atom. The zero-order valence-electron chi connectivity index (χ0n) is 20.5. The van der Waals surface area contributed by atoms with E-state index in [2.05, 4.69) is 15.2 Å². The minimum atomic E-state index is -0.858. The smallest absolute Gasteiger partial charge is 0.410 e. The Labute approximate surface area is 209 Å². The molecule has 0 aliphatic carbocycles. The third kappa shape index (κ3) is 6.68. The minimum Gasteiger partial charge on any atom is -0.444 e. The van der Waals surface area contributed by atoms with E-state index in [1.54, 1.807) is 17.0 Å². The number of carbonyl (C=O) groups excluding carboxylic acids is 2. The zero-order chi connectivity index (χ0) is 25.9. The van der Waals surface area contributed by atoms with Gasteiger partial charge < -0.3 is 15.0 Å². The highest BCUT2D eigenvalue weighted by atomic mass is 35.5. The van der Waals surface area contributed by atoms with Crippen molar-refractivity contribution < 1.29 is 18.7 Å². The predicted molar refractivity (Wildman–Crippen MR) is 131 cm³/mol. The minimum absolute atomic E-state index is 0.00508. The molecule has 2 aromatic rings. The SMILES string of the molecule is Cc1c(CN2CCN(C(=O)OC(C)(C)C)[C@@H](C)C2)cc(Cl)cc1NC(=O)c1cnc(C#N)c(F)c1. The Balaban J connectivity index is 1.70. The number of amides is 2. The lowest BCUT2D eigenvalue weighted by molar-refractivity contribution is 0.000534. The summed E-state index contributed by atoms with van der Waals surface area (Å²) in [5, 5.41) is 12.0. The molecule has 0 bridgehead atoms. The fraction of sp³-hybridized carbons (Fsp3) is 0.440. The molecule has 3 rings (SSSR count). The predicted octanol–water partition coefficient (Wildman–Crippen LogP) is 4.75. The van der Waals surface area contributed by atoms with Gasteiger partial charge in [0.2, 0.25) is 0 Å². The quantitative estimate of drug-likeness (QED) is 0.649. The number of benzene rings is 1. The second kappa shape index (κ2) is 10.6. The van der Waals surface area contributed by atoms with Crippen LogP contribution in [0.5, 0.6) is 0 Å². The van der Waals surface area contributed by atoms with Crippen LogP contribution < -0.4 is 5.32 Å². The Hall–Kier alpha value is -3.22. The number of hydrogen-bond acceptors (Lipinski definition) is 6. The Bertz CT molecular complexity index is 1170. The molecular formula is C25H29ClFN5O3. The van der Waals surface area contributed by atoms with Crippen LogP contribution in [0.15, 0.2) is 24.4 Å². The lowest BCUT2D eigenvalue weighted by Crippen LogP contribution is -2.54. The standard InChI is InChI=1S/C25H29ClFN5O3/c1-15-13-31(6-7-32(15)24(34)35-25(3,4)5)14-18-8-19(26)10-21(16(18)2)30-23(33)17-9-20(27)22(11-28)29-12-17/h8-10,12,15H,6-7,13-14H2,1-5H3,(H,30,33)/t15-/m0/s1. The molecule has 1 saturated heterocycles. The maximum Gasteiger partial charge on any atom is 0.410 e. The highest BCUT2D eigenvalue weighted by molar-refractivity contribution is 6.31. The molecule has 1 aromatic heterocycles. The summed E-state index contributed by atoms with van der Waals surface area (Å²) in [6.07, 6.45) is 0.839. The summed E-state index contributed by atoms with van der Waals surface area (Å²) < 4.78 is 19.4. The molecule has 1 aromatic carbocycles. The summed E-state index contributed by atoms with van der Waals surface area (Å²) >= 11 is 6.34. The normalized spacial score (nSPS) is 16.5. The molecular weight excluding hydrogens is 473 g/mol. The Morgan fingerprint density at radius 2 is 2.03 bits per heavy atom. The second-order valence-corrected chi connectivity index (χ2v) is 10.1. The largest absolute Gasteiger partial charge is 0.444 e. The highest BCUT2D eigenvalue weighted by Gasteiger charge is 2.31. The number of aromatic nitrogens is 1. The van der Waals surface area contributed by atoms with Crippen molar-refractivity contribution in [3.63, 3.8) is 0 Å². The number of piperazine rings is 1. The van der Waals surface area contributed by atoms with E-state index < -0.39 is 17.3 Å². The van der Waals surface area contributed by atoms with Crippen LogP contribution in [0.2, 0.25) is 5.02 Å². The first kappa shape index (κ1) is 26.4. The van der Waals surface area contributed by atoms with Gasteiger partial charge in [-0.05, 0) is 63.9 Å². The molecule has 10 heteroatoms. The number of ether oxygens (including phenoxy) is 1. The molecule has 1 N–H and O–H groups in total. The number of nitrogens with one attached hydrogen (secondary N) is 1. The third-order valence-electron chi connectivity index (χ3n) is 5.67. The van der Waals surface area contributed by atoms with Gasteiger partial charge >= 0.3 is 6.09 Å². The summed E-state index contributed by atoms with van der Waals surface area (Å²) in [5.41, 5.74) is 1.33. The topological polar surface area (TPSA) is 98.6 Å². The number of rotatable bonds is 4. The summed E-state index contributed by atoms with van der Waals surface area (Å²) in [7, 11) is 0. The van der Waals surface area contributed by atoms with E-state index in [4.69, 9.17) is 21.6 Å². The van der Waals surface area contributed by atoms with Crippen molar-refractivity contribution in [2.45, 2.75) is 52.8 Å². The molecule has 0 radical (unpaired) electrons. The van der Waals surface area contributed by atoms with Crippen molar-refractivity contribution in [2.75, 3.05) is 25.0 Å². The molecule has 1 fully saturated rings. The first-order valence-corrected chi connectivity index (χ1v) is 11.6. The van der Waals surface area contributed by atoms with Crippen LogP contribution in [0.3, 0.4) is 0 Å². The van der Waals surface area contributed by atoms with Crippen molar-refractivity contribution >= 4 is 29.3 Å². The van der Waals surface area contributed by atoms with Gasteiger partial charge in [-0.2, -0.15) is 5.26 Å². The van der Waals surface area contributed by atoms with Crippen molar-refractivity contribution in [1.29, 1.82) is 5.26 Å². The van der Waals surface area contributed by atoms with Gasteiger partial charge in [0.25, 0.3) is 5.91 Å². The molecule has 35 heavy (non-hydrogen) atoms. The van der Waals surface area contributed by atoms with E-state index >= 15 is 0 Å². The van der Waals surface area contributed by atoms with E-state index in [1.165, 1.54) is 0 Å². The summed E-state index contributed by atoms with van der Waals surface area (Å²) in [4.78, 5) is 32.8. The van der Waals surface area contributed by atoms with Gasteiger partial charge in [-0.1, -0.05) is 11.6 Å². The molecule has 0 saturated carbocycles. The Kier molecular flexibility index (Phi) is 7.98. The second-order valence-electron chi connectivity index (χ2n) is 9.62. The molecule has 1 aliphatic heterocycles.